The van der Waals surface area contributed by atoms with E-state index in [-0.39, 0.29) is 11.8 Å². The third kappa shape index (κ3) is 3.50. The Morgan fingerprint density at radius 2 is 1.88 bits per heavy atom. The number of anilines is 2. The van der Waals surface area contributed by atoms with Gasteiger partial charge in [-0.2, -0.15) is 0 Å². The lowest BCUT2D eigenvalue weighted by Gasteiger charge is -2.19. The van der Waals surface area contributed by atoms with Crippen LogP contribution in [0.25, 0.3) is 11.3 Å². The number of rotatable bonds is 4. The monoisotopic (exact) mass is 356 g/mol. The number of hydrogen-bond donors (Lipinski definition) is 0. The molecular weight excluding hydrogens is 340 g/mol. The molecule has 0 aliphatic rings. The third-order valence-electron chi connectivity index (χ3n) is 3.65. The van der Waals surface area contributed by atoms with Crippen molar-refractivity contribution < 1.29 is 4.79 Å². The molecule has 1 amide bonds. The number of nitrogens with zero attached hydrogens (tertiary/aromatic N) is 2. The molecule has 0 aliphatic heterocycles. The van der Waals surface area contributed by atoms with E-state index >= 15 is 0 Å². The van der Waals surface area contributed by atoms with E-state index in [0.29, 0.717) is 5.13 Å². The highest BCUT2D eigenvalue weighted by Crippen LogP contribution is 2.33. The van der Waals surface area contributed by atoms with Crippen molar-refractivity contribution in [2.24, 2.45) is 0 Å². The summed E-state index contributed by atoms with van der Waals surface area (Å²) < 4.78 is 0. The molecule has 0 unspecified atom stereocenters. The summed E-state index contributed by atoms with van der Waals surface area (Å²) >= 11 is 7.25. The van der Waals surface area contributed by atoms with Crippen molar-refractivity contribution in [2.75, 3.05) is 10.8 Å². The number of amides is 1. The lowest BCUT2D eigenvalue weighted by molar-refractivity contribution is -0.115. The first-order chi connectivity index (χ1) is 11.6. The van der Waals surface area contributed by atoms with Crippen molar-refractivity contribution in [1.82, 2.24) is 4.98 Å². The van der Waals surface area contributed by atoms with E-state index in [9.17, 15) is 4.79 Å². The largest absolute Gasteiger partial charge is 0.273 e. The highest BCUT2D eigenvalue weighted by Gasteiger charge is 2.20. The zero-order chi connectivity index (χ0) is 17.1. The predicted molar refractivity (Wildman–Crippen MR) is 101 cm³/mol. The van der Waals surface area contributed by atoms with E-state index in [4.69, 9.17) is 11.6 Å². The molecule has 3 rings (SSSR count). The zero-order valence-electron chi connectivity index (χ0n) is 13.5. The first-order valence-electron chi connectivity index (χ1n) is 7.56. The summed E-state index contributed by atoms with van der Waals surface area (Å²) in [5.41, 5.74) is 4.95. The molecule has 1 aromatic heterocycles. The molecule has 0 atom stereocenters. The van der Waals surface area contributed by atoms with Gasteiger partial charge in [0, 0.05) is 10.9 Å². The van der Waals surface area contributed by atoms with Crippen LogP contribution in [0.2, 0.25) is 0 Å². The lowest BCUT2D eigenvalue weighted by Crippen LogP contribution is -2.26. The molecule has 0 aliphatic carbocycles. The van der Waals surface area contributed by atoms with Gasteiger partial charge in [0.2, 0.25) is 5.91 Å². The van der Waals surface area contributed by atoms with Gasteiger partial charge in [-0.3, -0.25) is 9.69 Å². The maximum atomic E-state index is 12.4. The number of hydrogen-bond acceptors (Lipinski definition) is 3. The van der Waals surface area contributed by atoms with Gasteiger partial charge in [-0.1, -0.05) is 42.0 Å². The summed E-state index contributed by atoms with van der Waals surface area (Å²) in [7, 11) is 0. The number of aromatic nitrogens is 1. The minimum Gasteiger partial charge on any atom is -0.273 e. The topological polar surface area (TPSA) is 33.2 Å². The highest BCUT2D eigenvalue weighted by atomic mass is 35.5. The standard InChI is InChI=1S/C19H17ClN2OS/c1-13-6-8-15(9-7-13)17-12-24-19(21-17)22(18(23)11-20)16-5-3-4-14(2)10-16/h3-10,12H,11H2,1-2H3. The van der Waals surface area contributed by atoms with Crippen LogP contribution < -0.4 is 4.90 Å². The molecule has 0 bridgehead atoms. The molecule has 1 heterocycles. The Morgan fingerprint density at radius 1 is 1.12 bits per heavy atom. The van der Waals surface area contributed by atoms with Crippen LogP contribution in [0, 0.1) is 13.8 Å². The fraction of sp³-hybridized carbons (Fsp3) is 0.158. The molecule has 0 N–H and O–H groups in total. The van der Waals surface area contributed by atoms with Crippen molar-refractivity contribution in [3.8, 4) is 11.3 Å². The van der Waals surface area contributed by atoms with E-state index in [1.54, 1.807) is 4.90 Å². The van der Waals surface area contributed by atoms with E-state index in [1.807, 2.05) is 48.7 Å². The second kappa shape index (κ2) is 7.16. The average Bonchev–Trinajstić information content (AvgIpc) is 3.05. The van der Waals surface area contributed by atoms with Crippen LogP contribution in [0.4, 0.5) is 10.8 Å². The van der Waals surface area contributed by atoms with Crippen LogP contribution in [-0.4, -0.2) is 16.8 Å². The highest BCUT2D eigenvalue weighted by molar-refractivity contribution is 7.14. The van der Waals surface area contributed by atoms with E-state index in [0.717, 1.165) is 22.5 Å². The summed E-state index contributed by atoms with van der Waals surface area (Å²) in [5, 5.41) is 2.59. The number of carbonyl (C=O) groups is 1. The molecule has 5 heteroatoms. The van der Waals surface area contributed by atoms with Crippen LogP contribution in [0.5, 0.6) is 0 Å². The fourth-order valence-corrected chi connectivity index (χ4v) is 3.40. The minimum atomic E-state index is -0.188. The number of halogens is 1. The minimum absolute atomic E-state index is 0.0899. The van der Waals surface area contributed by atoms with Crippen LogP contribution >= 0.6 is 22.9 Å². The summed E-state index contributed by atoms with van der Waals surface area (Å²) in [4.78, 5) is 18.6. The Bertz CT molecular complexity index is 858. The molecule has 3 nitrogen and oxygen atoms in total. The van der Waals surface area contributed by atoms with Gasteiger partial charge < -0.3 is 0 Å². The summed E-state index contributed by atoms with van der Waals surface area (Å²) in [5.74, 6) is -0.278. The average molecular weight is 357 g/mol. The van der Waals surface area contributed by atoms with Crippen LogP contribution in [-0.2, 0) is 4.79 Å². The lowest BCUT2D eigenvalue weighted by atomic mass is 10.1. The van der Waals surface area contributed by atoms with Crippen LogP contribution in [0.3, 0.4) is 0 Å². The summed E-state index contributed by atoms with van der Waals surface area (Å²) in [6.45, 7) is 4.04. The molecule has 0 fully saturated rings. The number of thiazole rings is 1. The summed E-state index contributed by atoms with van der Waals surface area (Å²) in [6.07, 6.45) is 0. The first-order valence-corrected chi connectivity index (χ1v) is 8.98. The Morgan fingerprint density at radius 3 is 2.54 bits per heavy atom. The maximum absolute atomic E-state index is 12.4. The quantitative estimate of drug-likeness (QED) is 0.592. The van der Waals surface area contributed by atoms with Crippen molar-refractivity contribution in [3.63, 3.8) is 0 Å². The van der Waals surface area contributed by atoms with Crippen molar-refractivity contribution >= 4 is 39.7 Å². The Kier molecular flexibility index (Phi) is 4.97. The second-order valence-electron chi connectivity index (χ2n) is 5.58. The summed E-state index contributed by atoms with van der Waals surface area (Å²) in [6, 6.07) is 15.9. The normalized spacial score (nSPS) is 10.6. The SMILES string of the molecule is Cc1ccc(-c2csc(N(C(=O)CCl)c3cccc(C)c3)n2)cc1. The van der Waals surface area contributed by atoms with Gasteiger partial charge in [-0.15, -0.1) is 22.9 Å². The molecule has 3 aromatic rings. The Balaban J connectivity index is 2.00. The first kappa shape index (κ1) is 16.7. The fourth-order valence-electron chi connectivity index (χ4n) is 2.41. The van der Waals surface area contributed by atoms with E-state index < -0.39 is 0 Å². The molecular formula is C19H17ClN2OS. The number of alkyl halides is 1. The van der Waals surface area contributed by atoms with Gasteiger partial charge in [0.1, 0.15) is 5.88 Å². The van der Waals surface area contributed by atoms with Crippen LogP contribution in [0.1, 0.15) is 11.1 Å². The second-order valence-corrected chi connectivity index (χ2v) is 6.69. The molecule has 0 saturated carbocycles. The number of carbonyl (C=O) groups excluding carboxylic acids is 1. The number of aryl methyl sites for hydroxylation is 2. The van der Waals surface area contributed by atoms with Crippen LogP contribution in [0.15, 0.2) is 53.9 Å². The van der Waals surface area contributed by atoms with Crippen molar-refractivity contribution in [2.45, 2.75) is 13.8 Å². The number of benzene rings is 2. The van der Waals surface area contributed by atoms with Gasteiger partial charge in [-0.05, 0) is 31.5 Å². The van der Waals surface area contributed by atoms with Gasteiger partial charge >= 0.3 is 0 Å². The van der Waals surface area contributed by atoms with Gasteiger partial charge in [0.05, 0.1) is 11.4 Å². The maximum Gasteiger partial charge on any atom is 0.248 e. The predicted octanol–water partition coefficient (Wildman–Crippen LogP) is 5.33. The Labute approximate surface area is 150 Å². The molecule has 2 aromatic carbocycles. The van der Waals surface area contributed by atoms with Crippen molar-refractivity contribution in [3.05, 3.63) is 65.0 Å². The van der Waals surface area contributed by atoms with Gasteiger partial charge in [0.25, 0.3) is 0 Å². The van der Waals surface area contributed by atoms with E-state index in [1.165, 1.54) is 16.9 Å². The van der Waals surface area contributed by atoms with E-state index in [2.05, 4.69) is 24.0 Å². The molecule has 24 heavy (non-hydrogen) atoms. The Hall–Kier alpha value is -2.17. The molecule has 0 radical (unpaired) electrons. The smallest absolute Gasteiger partial charge is 0.248 e. The zero-order valence-corrected chi connectivity index (χ0v) is 15.1. The molecule has 0 spiro atoms. The third-order valence-corrected chi connectivity index (χ3v) is 4.71. The molecule has 122 valence electrons. The molecule has 0 saturated heterocycles. The van der Waals surface area contributed by atoms with Gasteiger partial charge in [0.15, 0.2) is 5.13 Å². The van der Waals surface area contributed by atoms with Gasteiger partial charge in [-0.25, -0.2) is 4.98 Å². The van der Waals surface area contributed by atoms with Crippen molar-refractivity contribution in [1.29, 1.82) is 0 Å².